The fourth-order valence-corrected chi connectivity index (χ4v) is 3.43. The van der Waals surface area contributed by atoms with Gasteiger partial charge in [0.25, 0.3) is 0 Å². The van der Waals surface area contributed by atoms with Crippen LogP contribution in [0, 0.1) is 0 Å². The van der Waals surface area contributed by atoms with E-state index in [-0.39, 0.29) is 0 Å². The lowest BCUT2D eigenvalue weighted by atomic mass is 10.2. The Labute approximate surface area is 156 Å². The monoisotopic (exact) mass is 363 g/mol. The number of benzene rings is 1. The van der Waals surface area contributed by atoms with Crippen LogP contribution < -0.4 is 5.32 Å². The minimum atomic E-state index is 0.491. The van der Waals surface area contributed by atoms with Gasteiger partial charge in [-0.25, -0.2) is 4.98 Å². The van der Waals surface area contributed by atoms with Crippen molar-refractivity contribution in [2.75, 3.05) is 5.32 Å². The number of rotatable bonds is 5. The van der Waals surface area contributed by atoms with Crippen LogP contribution in [0.5, 0.6) is 0 Å². The van der Waals surface area contributed by atoms with Crippen molar-refractivity contribution in [3.63, 3.8) is 0 Å². The molecule has 1 N–H and O–H groups in total. The van der Waals surface area contributed by atoms with Gasteiger partial charge in [0.2, 0.25) is 0 Å². The summed E-state index contributed by atoms with van der Waals surface area (Å²) in [5.74, 6) is 1.45. The zero-order chi connectivity index (χ0) is 17.5. The minimum absolute atomic E-state index is 0.491. The predicted octanol–water partition coefficient (Wildman–Crippen LogP) is 4.66. The quantitative estimate of drug-likeness (QED) is 0.524. The first-order valence-corrected chi connectivity index (χ1v) is 9.16. The molecule has 5 rings (SSSR count). The summed E-state index contributed by atoms with van der Waals surface area (Å²) in [6.07, 6.45) is 8.43. The van der Waals surface area contributed by atoms with Gasteiger partial charge in [-0.2, -0.15) is 9.61 Å². The summed E-state index contributed by atoms with van der Waals surface area (Å²) in [7, 11) is 0. The molecule has 0 unspecified atom stereocenters. The van der Waals surface area contributed by atoms with Crippen LogP contribution >= 0.6 is 11.6 Å². The molecule has 1 aromatic carbocycles. The first kappa shape index (κ1) is 15.5. The van der Waals surface area contributed by atoms with Crippen molar-refractivity contribution in [1.82, 2.24) is 19.2 Å². The molecule has 1 fully saturated rings. The van der Waals surface area contributed by atoms with E-state index < -0.39 is 0 Å². The number of nitrogens with one attached hydrogen (secondary N) is 1. The molecule has 0 aliphatic heterocycles. The Balaban J connectivity index is 1.38. The van der Waals surface area contributed by atoms with Crippen molar-refractivity contribution < 1.29 is 0 Å². The smallest absolute Gasteiger partial charge is 0.162 e. The average molecular weight is 364 g/mol. The SMILES string of the molecule is Clc1cc(NCc2ccc(-n3cccc3)cc2)n2ncc(C3CC3)c2n1. The van der Waals surface area contributed by atoms with Crippen LogP contribution in [-0.2, 0) is 6.54 Å². The van der Waals surface area contributed by atoms with E-state index >= 15 is 0 Å². The Morgan fingerprint density at radius 2 is 1.88 bits per heavy atom. The molecule has 4 aromatic rings. The van der Waals surface area contributed by atoms with E-state index in [1.807, 2.05) is 41.3 Å². The second kappa shape index (κ2) is 6.18. The molecule has 0 saturated heterocycles. The van der Waals surface area contributed by atoms with Gasteiger partial charge in [-0.15, -0.1) is 0 Å². The summed E-state index contributed by atoms with van der Waals surface area (Å²) in [4.78, 5) is 4.48. The highest BCUT2D eigenvalue weighted by molar-refractivity contribution is 6.29. The predicted molar refractivity (Wildman–Crippen MR) is 103 cm³/mol. The largest absolute Gasteiger partial charge is 0.366 e. The number of nitrogens with zero attached hydrogens (tertiary/aromatic N) is 4. The maximum atomic E-state index is 6.24. The molecular formula is C20H18ClN5. The molecule has 3 aromatic heterocycles. The molecule has 3 heterocycles. The Hall–Kier alpha value is -2.79. The van der Waals surface area contributed by atoms with Crippen molar-refractivity contribution in [1.29, 1.82) is 0 Å². The molecule has 1 aliphatic rings. The Kier molecular flexibility index (Phi) is 3.68. The molecule has 0 bridgehead atoms. The molecule has 1 aliphatic carbocycles. The van der Waals surface area contributed by atoms with Crippen molar-refractivity contribution in [2.24, 2.45) is 0 Å². The number of hydrogen-bond donors (Lipinski definition) is 1. The third-order valence-electron chi connectivity index (χ3n) is 4.80. The average Bonchev–Trinajstić information content (AvgIpc) is 3.18. The minimum Gasteiger partial charge on any atom is -0.366 e. The summed E-state index contributed by atoms with van der Waals surface area (Å²) in [5, 5.41) is 8.44. The Bertz CT molecular complexity index is 1050. The van der Waals surface area contributed by atoms with Gasteiger partial charge in [-0.05, 0) is 48.6 Å². The van der Waals surface area contributed by atoms with Crippen LogP contribution in [0.2, 0.25) is 5.15 Å². The molecule has 0 amide bonds. The maximum Gasteiger partial charge on any atom is 0.162 e. The fourth-order valence-electron chi connectivity index (χ4n) is 3.24. The van der Waals surface area contributed by atoms with Gasteiger partial charge in [0, 0.05) is 36.3 Å². The Morgan fingerprint density at radius 3 is 2.62 bits per heavy atom. The second-order valence-electron chi connectivity index (χ2n) is 6.68. The maximum absolute atomic E-state index is 6.24. The molecule has 0 radical (unpaired) electrons. The van der Waals surface area contributed by atoms with E-state index in [1.54, 1.807) is 0 Å². The fraction of sp³-hybridized carbons (Fsp3) is 0.200. The van der Waals surface area contributed by atoms with Gasteiger partial charge >= 0.3 is 0 Å². The summed E-state index contributed by atoms with van der Waals surface area (Å²) in [5.41, 5.74) is 4.41. The number of hydrogen-bond acceptors (Lipinski definition) is 3. The molecular weight excluding hydrogens is 346 g/mol. The third-order valence-corrected chi connectivity index (χ3v) is 4.99. The number of halogens is 1. The summed E-state index contributed by atoms with van der Waals surface area (Å²) in [6, 6.07) is 14.4. The van der Waals surface area contributed by atoms with E-state index in [0.717, 1.165) is 17.2 Å². The number of aromatic nitrogens is 4. The van der Waals surface area contributed by atoms with Crippen LogP contribution in [0.4, 0.5) is 5.82 Å². The van der Waals surface area contributed by atoms with Gasteiger partial charge in [0.15, 0.2) is 5.65 Å². The summed E-state index contributed by atoms with van der Waals surface area (Å²) in [6.45, 7) is 0.694. The topological polar surface area (TPSA) is 47.2 Å². The van der Waals surface area contributed by atoms with Crippen LogP contribution in [0.15, 0.2) is 61.1 Å². The van der Waals surface area contributed by atoms with Crippen molar-refractivity contribution in [3.8, 4) is 5.69 Å². The van der Waals surface area contributed by atoms with E-state index in [9.17, 15) is 0 Å². The lowest BCUT2D eigenvalue weighted by Gasteiger charge is -2.10. The molecule has 26 heavy (non-hydrogen) atoms. The van der Waals surface area contributed by atoms with Gasteiger partial charge in [-0.1, -0.05) is 23.7 Å². The van der Waals surface area contributed by atoms with Crippen LogP contribution in [0.3, 0.4) is 0 Å². The van der Waals surface area contributed by atoms with Crippen molar-refractivity contribution in [2.45, 2.75) is 25.3 Å². The van der Waals surface area contributed by atoms with E-state index in [2.05, 4.69) is 44.2 Å². The summed E-state index contributed by atoms with van der Waals surface area (Å²) >= 11 is 6.24. The molecule has 0 atom stereocenters. The number of anilines is 1. The lowest BCUT2D eigenvalue weighted by Crippen LogP contribution is -2.06. The molecule has 0 spiro atoms. The van der Waals surface area contributed by atoms with Gasteiger partial charge in [0.05, 0.1) is 6.20 Å². The van der Waals surface area contributed by atoms with E-state index in [1.165, 1.54) is 24.0 Å². The van der Waals surface area contributed by atoms with Crippen molar-refractivity contribution >= 4 is 23.1 Å². The van der Waals surface area contributed by atoms with Crippen LogP contribution in [0.25, 0.3) is 11.3 Å². The van der Waals surface area contributed by atoms with E-state index in [0.29, 0.717) is 17.6 Å². The first-order chi connectivity index (χ1) is 12.8. The van der Waals surface area contributed by atoms with Crippen LogP contribution in [-0.4, -0.2) is 19.2 Å². The first-order valence-electron chi connectivity index (χ1n) is 8.78. The third kappa shape index (κ3) is 2.84. The zero-order valence-electron chi connectivity index (χ0n) is 14.1. The number of fused-ring (bicyclic) bond motifs is 1. The highest BCUT2D eigenvalue weighted by Crippen LogP contribution is 2.42. The van der Waals surface area contributed by atoms with Gasteiger partial charge in [0.1, 0.15) is 11.0 Å². The normalized spacial score (nSPS) is 14.0. The molecule has 130 valence electrons. The molecule has 6 heteroatoms. The second-order valence-corrected chi connectivity index (χ2v) is 7.07. The summed E-state index contributed by atoms with van der Waals surface area (Å²) < 4.78 is 3.94. The Morgan fingerprint density at radius 1 is 1.12 bits per heavy atom. The van der Waals surface area contributed by atoms with Gasteiger partial charge < -0.3 is 9.88 Å². The lowest BCUT2D eigenvalue weighted by molar-refractivity contribution is 0.925. The molecule has 5 nitrogen and oxygen atoms in total. The van der Waals surface area contributed by atoms with E-state index in [4.69, 9.17) is 11.6 Å². The highest BCUT2D eigenvalue weighted by atomic mass is 35.5. The standard InChI is InChI=1S/C20H18ClN5/c21-18-11-19(26-20(24-18)17(13-23-26)15-5-6-15)22-12-14-3-7-16(8-4-14)25-9-1-2-10-25/h1-4,7-11,13,15,22H,5-6,12H2. The van der Waals surface area contributed by atoms with Crippen LogP contribution in [0.1, 0.15) is 29.9 Å². The van der Waals surface area contributed by atoms with Gasteiger partial charge in [-0.3, -0.25) is 0 Å². The highest BCUT2D eigenvalue weighted by Gasteiger charge is 2.28. The molecule has 1 saturated carbocycles. The van der Waals surface area contributed by atoms with Crippen molar-refractivity contribution in [3.05, 3.63) is 77.3 Å². The zero-order valence-corrected chi connectivity index (χ0v) is 14.9.